The molecule has 0 N–H and O–H groups in total. The number of carbonyl (C=O) groups excluding carboxylic acids is 1. The second-order valence-electron chi connectivity index (χ2n) is 6.87. The summed E-state index contributed by atoms with van der Waals surface area (Å²) < 4.78 is 10.9. The number of aryl methyl sites for hydroxylation is 1. The van der Waals surface area contributed by atoms with Crippen LogP contribution in [0.5, 0.6) is 5.75 Å². The number of ether oxygens (including phenoxy) is 1. The Morgan fingerprint density at radius 3 is 2.39 bits per heavy atom. The molecule has 2 heterocycles. The van der Waals surface area contributed by atoms with E-state index in [2.05, 4.69) is 34.3 Å². The van der Waals surface area contributed by atoms with Gasteiger partial charge in [-0.15, -0.1) is 0 Å². The lowest BCUT2D eigenvalue weighted by molar-refractivity contribution is 0.0736. The second-order valence-corrected chi connectivity index (χ2v) is 6.87. The molecule has 1 saturated heterocycles. The number of aromatic nitrogens is 1. The minimum Gasteiger partial charge on any atom is -0.489 e. The minimum atomic E-state index is -0.0684. The van der Waals surface area contributed by atoms with Crippen LogP contribution in [0.25, 0.3) is 0 Å². The SMILES string of the molecule is Cc1cc(C(=O)N2CCN(c3ccc(OCc4ccccc4)cc3)CC2)no1. The average Bonchev–Trinajstić information content (AvgIpc) is 3.19. The summed E-state index contributed by atoms with van der Waals surface area (Å²) in [6, 6.07) is 19.9. The normalized spacial score (nSPS) is 14.2. The van der Waals surface area contributed by atoms with Crippen LogP contribution in [0.3, 0.4) is 0 Å². The molecule has 0 aliphatic carbocycles. The predicted molar refractivity (Wildman–Crippen MR) is 107 cm³/mol. The molecule has 2 aromatic carbocycles. The third-order valence-electron chi connectivity index (χ3n) is 4.86. The third kappa shape index (κ3) is 4.17. The molecule has 3 aromatic rings. The van der Waals surface area contributed by atoms with E-state index in [0.29, 0.717) is 31.2 Å². The molecular formula is C22H23N3O3. The molecule has 0 radical (unpaired) electrons. The summed E-state index contributed by atoms with van der Waals surface area (Å²) in [5.41, 5.74) is 2.66. The minimum absolute atomic E-state index is 0.0684. The van der Waals surface area contributed by atoms with E-state index < -0.39 is 0 Å². The number of nitrogens with zero attached hydrogens (tertiary/aromatic N) is 3. The lowest BCUT2D eigenvalue weighted by Gasteiger charge is -2.35. The van der Waals surface area contributed by atoms with Crippen molar-refractivity contribution in [3.05, 3.63) is 77.7 Å². The summed E-state index contributed by atoms with van der Waals surface area (Å²) in [6.45, 7) is 5.24. The maximum absolute atomic E-state index is 12.5. The molecular weight excluding hydrogens is 354 g/mol. The van der Waals surface area contributed by atoms with Crippen LogP contribution in [-0.4, -0.2) is 42.1 Å². The van der Waals surface area contributed by atoms with Crippen molar-refractivity contribution in [1.82, 2.24) is 10.1 Å². The summed E-state index contributed by atoms with van der Waals surface area (Å²) in [5.74, 6) is 1.43. The van der Waals surface area contributed by atoms with Gasteiger partial charge in [-0.3, -0.25) is 4.79 Å². The maximum atomic E-state index is 12.5. The Labute approximate surface area is 164 Å². The molecule has 6 heteroatoms. The standard InChI is InChI=1S/C22H23N3O3/c1-17-15-21(23-28-17)22(26)25-13-11-24(12-14-25)19-7-9-20(10-8-19)27-16-18-5-3-2-4-6-18/h2-10,15H,11-14,16H2,1H3. The summed E-state index contributed by atoms with van der Waals surface area (Å²) in [4.78, 5) is 16.6. The number of benzene rings is 2. The van der Waals surface area contributed by atoms with Gasteiger partial charge in [-0.2, -0.15) is 0 Å². The number of piperazine rings is 1. The fraction of sp³-hybridized carbons (Fsp3) is 0.273. The van der Waals surface area contributed by atoms with Gasteiger partial charge in [0.15, 0.2) is 5.69 Å². The van der Waals surface area contributed by atoms with Crippen LogP contribution >= 0.6 is 0 Å². The average molecular weight is 377 g/mol. The number of rotatable bonds is 5. The van der Waals surface area contributed by atoms with E-state index in [4.69, 9.17) is 9.26 Å². The number of hydrogen-bond acceptors (Lipinski definition) is 5. The molecule has 0 unspecified atom stereocenters. The molecule has 144 valence electrons. The molecule has 0 spiro atoms. The Kier molecular flexibility index (Phi) is 5.28. The Morgan fingerprint density at radius 2 is 1.75 bits per heavy atom. The number of hydrogen-bond donors (Lipinski definition) is 0. The van der Waals surface area contributed by atoms with Crippen molar-refractivity contribution in [2.45, 2.75) is 13.5 Å². The first kappa shape index (κ1) is 18.1. The van der Waals surface area contributed by atoms with Gasteiger partial charge in [0, 0.05) is 37.9 Å². The van der Waals surface area contributed by atoms with Crippen LogP contribution in [0, 0.1) is 6.92 Å². The molecule has 0 atom stereocenters. The molecule has 1 amide bonds. The van der Waals surface area contributed by atoms with Gasteiger partial charge < -0.3 is 19.1 Å². The fourth-order valence-corrected chi connectivity index (χ4v) is 3.29. The topological polar surface area (TPSA) is 58.8 Å². The zero-order chi connectivity index (χ0) is 19.3. The van der Waals surface area contributed by atoms with E-state index in [1.54, 1.807) is 13.0 Å². The molecule has 1 fully saturated rings. The number of amides is 1. The van der Waals surface area contributed by atoms with Crippen molar-refractivity contribution in [3.63, 3.8) is 0 Å². The highest BCUT2D eigenvalue weighted by Gasteiger charge is 2.24. The fourth-order valence-electron chi connectivity index (χ4n) is 3.29. The highest BCUT2D eigenvalue weighted by Crippen LogP contribution is 2.22. The number of anilines is 1. The van der Waals surface area contributed by atoms with Crippen LogP contribution in [0.15, 0.2) is 65.2 Å². The lowest BCUT2D eigenvalue weighted by Crippen LogP contribution is -2.48. The second kappa shape index (κ2) is 8.17. The van der Waals surface area contributed by atoms with Crippen LogP contribution in [0.1, 0.15) is 21.8 Å². The molecule has 1 aliphatic heterocycles. The molecule has 6 nitrogen and oxygen atoms in total. The zero-order valence-electron chi connectivity index (χ0n) is 15.9. The summed E-state index contributed by atoms with van der Waals surface area (Å²) >= 11 is 0. The molecule has 0 bridgehead atoms. The number of carbonyl (C=O) groups is 1. The van der Waals surface area contributed by atoms with Crippen LogP contribution in [0.4, 0.5) is 5.69 Å². The smallest absolute Gasteiger partial charge is 0.276 e. The Bertz CT molecular complexity index is 914. The van der Waals surface area contributed by atoms with E-state index in [0.717, 1.165) is 30.1 Å². The molecule has 1 aliphatic rings. The van der Waals surface area contributed by atoms with Gasteiger partial charge in [0.2, 0.25) is 0 Å². The van der Waals surface area contributed by atoms with E-state index in [1.165, 1.54) is 0 Å². The first-order chi connectivity index (χ1) is 13.7. The highest BCUT2D eigenvalue weighted by atomic mass is 16.5. The van der Waals surface area contributed by atoms with Crippen molar-refractivity contribution in [2.75, 3.05) is 31.1 Å². The van der Waals surface area contributed by atoms with E-state index >= 15 is 0 Å². The molecule has 4 rings (SSSR count). The molecule has 28 heavy (non-hydrogen) atoms. The van der Waals surface area contributed by atoms with Crippen LogP contribution < -0.4 is 9.64 Å². The third-order valence-corrected chi connectivity index (χ3v) is 4.86. The summed E-state index contributed by atoms with van der Waals surface area (Å²) in [6.07, 6.45) is 0. The summed E-state index contributed by atoms with van der Waals surface area (Å²) in [7, 11) is 0. The van der Waals surface area contributed by atoms with Gasteiger partial charge >= 0.3 is 0 Å². The van der Waals surface area contributed by atoms with Crippen LogP contribution in [-0.2, 0) is 6.61 Å². The Morgan fingerprint density at radius 1 is 1.04 bits per heavy atom. The Balaban J connectivity index is 1.30. The molecule has 0 saturated carbocycles. The quantitative estimate of drug-likeness (QED) is 0.681. The highest BCUT2D eigenvalue weighted by molar-refractivity contribution is 5.92. The van der Waals surface area contributed by atoms with Crippen molar-refractivity contribution in [3.8, 4) is 5.75 Å². The van der Waals surface area contributed by atoms with E-state index in [-0.39, 0.29) is 5.91 Å². The van der Waals surface area contributed by atoms with Gasteiger partial charge in [-0.05, 0) is 36.8 Å². The molecule has 1 aromatic heterocycles. The van der Waals surface area contributed by atoms with Gasteiger partial charge in [0.25, 0.3) is 5.91 Å². The van der Waals surface area contributed by atoms with Gasteiger partial charge in [-0.25, -0.2) is 0 Å². The maximum Gasteiger partial charge on any atom is 0.276 e. The van der Waals surface area contributed by atoms with Gasteiger partial charge in [0.05, 0.1) is 0 Å². The first-order valence-electron chi connectivity index (χ1n) is 9.43. The van der Waals surface area contributed by atoms with Crippen molar-refractivity contribution < 1.29 is 14.1 Å². The van der Waals surface area contributed by atoms with Crippen molar-refractivity contribution in [2.24, 2.45) is 0 Å². The summed E-state index contributed by atoms with van der Waals surface area (Å²) in [5, 5.41) is 3.82. The predicted octanol–water partition coefficient (Wildman–Crippen LogP) is 3.52. The van der Waals surface area contributed by atoms with E-state index in [1.807, 2.05) is 35.2 Å². The lowest BCUT2D eigenvalue weighted by atomic mass is 10.2. The monoisotopic (exact) mass is 377 g/mol. The van der Waals surface area contributed by atoms with E-state index in [9.17, 15) is 4.79 Å². The first-order valence-corrected chi connectivity index (χ1v) is 9.43. The van der Waals surface area contributed by atoms with Crippen molar-refractivity contribution >= 4 is 11.6 Å². The Hall–Kier alpha value is -3.28. The van der Waals surface area contributed by atoms with Crippen molar-refractivity contribution in [1.29, 1.82) is 0 Å². The largest absolute Gasteiger partial charge is 0.489 e. The zero-order valence-corrected chi connectivity index (χ0v) is 15.9. The van der Waals surface area contributed by atoms with Crippen LogP contribution in [0.2, 0.25) is 0 Å². The van der Waals surface area contributed by atoms with Gasteiger partial charge in [-0.1, -0.05) is 35.5 Å². The van der Waals surface area contributed by atoms with Gasteiger partial charge in [0.1, 0.15) is 18.1 Å².